The molecule has 1 aromatic rings. The van der Waals surface area contributed by atoms with Gasteiger partial charge in [-0.25, -0.2) is 0 Å². The van der Waals surface area contributed by atoms with Crippen LogP contribution in [-0.4, -0.2) is 53.9 Å². The van der Waals surface area contributed by atoms with Crippen molar-refractivity contribution in [2.75, 3.05) is 53.9 Å². The minimum Gasteiger partial charge on any atom is -0.497 e. The predicted octanol–water partition coefficient (Wildman–Crippen LogP) is 1.21. The van der Waals surface area contributed by atoms with E-state index in [2.05, 4.69) is 0 Å². The Bertz CT molecular complexity index is 386. The van der Waals surface area contributed by atoms with Crippen LogP contribution in [0, 0.1) is 0 Å². The first-order valence-electron chi connectivity index (χ1n) is 6.96. The van der Waals surface area contributed by atoms with Crippen LogP contribution in [0.3, 0.4) is 0 Å². The summed E-state index contributed by atoms with van der Waals surface area (Å²) >= 11 is 0. The second kappa shape index (κ2) is 11.3. The van der Waals surface area contributed by atoms with Gasteiger partial charge in [0, 0.05) is 25.3 Å². The summed E-state index contributed by atoms with van der Waals surface area (Å²) < 4.78 is 26.4. The van der Waals surface area contributed by atoms with E-state index in [1.807, 2.05) is 18.2 Å². The van der Waals surface area contributed by atoms with Crippen molar-refractivity contribution >= 4 is 0 Å². The van der Waals surface area contributed by atoms with Crippen molar-refractivity contribution in [2.45, 2.75) is 6.54 Å². The van der Waals surface area contributed by atoms with E-state index < -0.39 is 0 Å². The second-order valence-electron chi connectivity index (χ2n) is 4.24. The standard InChI is InChI=1S/C15H25NO5/c1-17-5-6-19-7-8-20-9-10-21-15-11-14(18-2)4-3-13(15)12-16/h3-4,11H,5-10,12,16H2,1-2H3. The molecule has 1 rings (SSSR count). The summed E-state index contributed by atoms with van der Waals surface area (Å²) in [6, 6.07) is 5.59. The molecule has 0 amide bonds. The number of benzene rings is 1. The first-order valence-corrected chi connectivity index (χ1v) is 6.96. The Labute approximate surface area is 126 Å². The molecule has 21 heavy (non-hydrogen) atoms. The van der Waals surface area contributed by atoms with E-state index in [1.54, 1.807) is 14.2 Å². The highest BCUT2D eigenvalue weighted by molar-refractivity contribution is 5.40. The number of hydrogen-bond donors (Lipinski definition) is 1. The van der Waals surface area contributed by atoms with Crippen LogP contribution in [0.4, 0.5) is 0 Å². The normalized spacial score (nSPS) is 10.6. The highest BCUT2D eigenvalue weighted by Crippen LogP contribution is 2.24. The third kappa shape index (κ3) is 7.29. The van der Waals surface area contributed by atoms with Crippen molar-refractivity contribution in [1.29, 1.82) is 0 Å². The number of nitrogens with two attached hydrogens (primary N) is 1. The molecular weight excluding hydrogens is 274 g/mol. The molecule has 0 spiro atoms. The Morgan fingerprint density at radius 1 is 0.905 bits per heavy atom. The van der Waals surface area contributed by atoms with E-state index in [0.717, 1.165) is 17.1 Å². The van der Waals surface area contributed by atoms with Crippen LogP contribution in [0.5, 0.6) is 11.5 Å². The maximum Gasteiger partial charge on any atom is 0.127 e. The fraction of sp³-hybridized carbons (Fsp3) is 0.600. The average Bonchev–Trinajstić information content (AvgIpc) is 2.53. The molecule has 0 saturated carbocycles. The summed E-state index contributed by atoms with van der Waals surface area (Å²) in [6.45, 7) is 3.65. The molecule has 0 aliphatic heterocycles. The topological polar surface area (TPSA) is 72.2 Å². The average molecular weight is 299 g/mol. The van der Waals surface area contributed by atoms with Gasteiger partial charge in [0.25, 0.3) is 0 Å². The smallest absolute Gasteiger partial charge is 0.127 e. The minimum absolute atomic E-state index is 0.424. The molecule has 6 heteroatoms. The van der Waals surface area contributed by atoms with E-state index >= 15 is 0 Å². The lowest BCUT2D eigenvalue weighted by molar-refractivity contribution is 0.0179. The second-order valence-corrected chi connectivity index (χ2v) is 4.24. The largest absolute Gasteiger partial charge is 0.497 e. The fourth-order valence-electron chi connectivity index (χ4n) is 1.64. The predicted molar refractivity (Wildman–Crippen MR) is 79.9 cm³/mol. The Hall–Kier alpha value is -1.34. The minimum atomic E-state index is 0.424. The molecule has 0 bridgehead atoms. The van der Waals surface area contributed by atoms with Gasteiger partial charge < -0.3 is 29.4 Å². The maximum atomic E-state index is 5.67. The zero-order valence-corrected chi connectivity index (χ0v) is 12.8. The zero-order valence-electron chi connectivity index (χ0n) is 12.8. The molecule has 0 unspecified atom stereocenters. The molecule has 0 aliphatic rings. The third-order valence-corrected chi connectivity index (χ3v) is 2.78. The Kier molecular flexibility index (Phi) is 9.56. The lowest BCUT2D eigenvalue weighted by Gasteiger charge is -2.12. The summed E-state index contributed by atoms with van der Waals surface area (Å²) in [5.41, 5.74) is 6.62. The van der Waals surface area contributed by atoms with Crippen molar-refractivity contribution < 1.29 is 23.7 Å². The SMILES string of the molecule is COCCOCCOCCOc1cc(OC)ccc1CN. The fourth-order valence-corrected chi connectivity index (χ4v) is 1.64. The van der Waals surface area contributed by atoms with Crippen molar-refractivity contribution in [3.8, 4) is 11.5 Å². The van der Waals surface area contributed by atoms with Crippen molar-refractivity contribution in [3.05, 3.63) is 23.8 Å². The first kappa shape index (κ1) is 17.7. The van der Waals surface area contributed by atoms with E-state index in [4.69, 9.17) is 29.4 Å². The monoisotopic (exact) mass is 299 g/mol. The molecule has 0 saturated heterocycles. The Balaban J connectivity index is 2.17. The first-order chi connectivity index (χ1) is 10.3. The summed E-state index contributed by atoms with van der Waals surface area (Å²) in [5.74, 6) is 1.48. The molecule has 0 aliphatic carbocycles. The van der Waals surface area contributed by atoms with E-state index in [0.29, 0.717) is 46.2 Å². The van der Waals surface area contributed by atoms with Gasteiger partial charge in [-0.2, -0.15) is 0 Å². The Morgan fingerprint density at radius 2 is 1.57 bits per heavy atom. The molecule has 0 atom stereocenters. The van der Waals surface area contributed by atoms with E-state index in [-0.39, 0.29) is 0 Å². The van der Waals surface area contributed by atoms with E-state index in [9.17, 15) is 0 Å². The summed E-state index contributed by atoms with van der Waals surface area (Å²) in [6.07, 6.45) is 0. The number of methoxy groups -OCH3 is 2. The Morgan fingerprint density at radius 3 is 2.19 bits per heavy atom. The van der Waals surface area contributed by atoms with Gasteiger partial charge in [-0.05, 0) is 6.07 Å². The summed E-state index contributed by atoms with van der Waals surface area (Å²) in [5, 5.41) is 0. The van der Waals surface area contributed by atoms with Crippen LogP contribution in [0.2, 0.25) is 0 Å². The van der Waals surface area contributed by atoms with Gasteiger partial charge in [0.05, 0.1) is 40.1 Å². The van der Waals surface area contributed by atoms with E-state index in [1.165, 1.54) is 0 Å². The van der Waals surface area contributed by atoms with Crippen molar-refractivity contribution in [2.24, 2.45) is 5.73 Å². The van der Waals surface area contributed by atoms with Crippen LogP contribution >= 0.6 is 0 Å². The molecule has 6 nitrogen and oxygen atoms in total. The molecular formula is C15H25NO5. The summed E-state index contributed by atoms with van der Waals surface area (Å²) in [4.78, 5) is 0. The van der Waals surface area contributed by atoms with Gasteiger partial charge in [-0.3, -0.25) is 0 Å². The lowest BCUT2D eigenvalue weighted by Crippen LogP contribution is -2.13. The van der Waals surface area contributed by atoms with Gasteiger partial charge in [0.15, 0.2) is 0 Å². The van der Waals surface area contributed by atoms with Gasteiger partial charge in [-0.1, -0.05) is 6.07 Å². The number of rotatable bonds is 12. The molecule has 0 radical (unpaired) electrons. The van der Waals surface area contributed by atoms with Crippen LogP contribution in [0.15, 0.2) is 18.2 Å². The molecule has 0 aromatic heterocycles. The van der Waals surface area contributed by atoms with Crippen LogP contribution in [0.25, 0.3) is 0 Å². The molecule has 1 aromatic carbocycles. The highest BCUT2D eigenvalue weighted by Gasteiger charge is 2.04. The van der Waals surface area contributed by atoms with Gasteiger partial charge in [0.1, 0.15) is 18.1 Å². The van der Waals surface area contributed by atoms with Gasteiger partial charge in [-0.15, -0.1) is 0 Å². The van der Waals surface area contributed by atoms with Crippen molar-refractivity contribution in [3.63, 3.8) is 0 Å². The molecule has 0 heterocycles. The van der Waals surface area contributed by atoms with Crippen molar-refractivity contribution in [1.82, 2.24) is 0 Å². The lowest BCUT2D eigenvalue weighted by atomic mass is 10.2. The zero-order chi connectivity index (χ0) is 15.3. The van der Waals surface area contributed by atoms with Gasteiger partial charge >= 0.3 is 0 Å². The number of hydrogen-bond acceptors (Lipinski definition) is 6. The highest BCUT2D eigenvalue weighted by atomic mass is 16.6. The molecule has 120 valence electrons. The van der Waals surface area contributed by atoms with Crippen LogP contribution in [-0.2, 0) is 20.8 Å². The quantitative estimate of drug-likeness (QED) is 0.585. The number of ether oxygens (including phenoxy) is 5. The van der Waals surface area contributed by atoms with Crippen LogP contribution < -0.4 is 15.2 Å². The molecule has 2 N–H and O–H groups in total. The third-order valence-electron chi connectivity index (χ3n) is 2.78. The molecule has 0 fully saturated rings. The maximum absolute atomic E-state index is 5.67. The van der Waals surface area contributed by atoms with Gasteiger partial charge in [0.2, 0.25) is 0 Å². The summed E-state index contributed by atoms with van der Waals surface area (Å²) in [7, 11) is 3.26. The van der Waals surface area contributed by atoms with Crippen LogP contribution in [0.1, 0.15) is 5.56 Å².